The molecule has 3 heteroatoms. The highest BCUT2D eigenvalue weighted by molar-refractivity contribution is 6.18. The maximum atomic E-state index is 4.74. The molecule has 0 saturated carbocycles. The second-order valence-corrected chi connectivity index (χ2v) is 7.18. The number of para-hydroxylation sites is 1. The molecule has 136 valence electrons. The van der Waals surface area contributed by atoms with Crippen LogP contribution in [0.25, 0.3) is 49.5 Å². The van der Waals surface area contributed by atoms with E-state index in [9.17, 15) is 0 Å². The Morgan fingerprint density at radius 1 is 0.621 bits per heavy atom. The second-order valence-electron chi connectivity index (χ2n) is 7.18. The van der Waals surface area contributed by atoms with E-state index in [4.69, 9.17) is 4.98 Å². The molecule has 3 aromatic heterocycles. The lowest BCUT2D eigenvalue weighted by Crippen LogP contribution is -1.96. The Morgan fingerprint density at radius 3 is 2.31 bits per heavy atom. The van der Waals surface area contributed by atoms with Crippen LogP contribution in [0.2, 0.25) is 0 Å². The average molecular weight is 371 g/mol. The van der Waals surface area contributed by atoms with E-state index in [0.29, 0.717) is 0 Å². The van der Waals surface area contributed by atoms with Gasteiger partial charge in [-0.25, -0.2) is 0 Å². The maximum Gasteiger partial charge on any atom is 0.0719 e. The van der Waals surface area contributed by atoms with Crippen LogP contribution in [0.5, 0.6) is 0 Å². The molecule has 0 radical (unpaired) electrons. The molecule has 6 aromatic rings. The summed E-state index contributed by atoms with van der Waals surface area (Å²) in [5.41, 5.74) is 5.41. The highest BCUT2D eigenvalue weighted by Gasteiger charge is 2.14. The first-order chi connectivity index (χ1) is 14.4. The van der Waals surface area contributed by atoms with Crippen LogP contribution in [0.4, 0.5) is 0 Å². The van der Waals surface area contributed by atoms with Crippen molar-refractivity contribution in [3.05, 3.63) is 104 Å². The monoisotopic (exact) mass is 371 g/mol. The number of hydrogen-bond donors (Lipinski definition) is 0. The summed E-state index contributed by atoms with van der Waals surface area (Å²) >= 11 is 0. The van der Waals surface area contributed by atoms with Crippen LogP contribution < -0.4 is 0 Å². The van der Waals surface area contributed by atoms with Gasteiger partial charge in [0.05, 0.1) is 28.6 Å². The van der Waals surface area contributed by atoms with Gasteiger partial charge in [0.2, 0.25) is 0 Å². The predicted molar refractivity (Wildman–Crippen MR) is 119 cm³/mol. The minimum atomic E-state index is 0.924. The van der Waals surface area contributed by atoms with Crippen molar-refractivity contribution in [3.8, 4) is 16.9 Å². The van der Waals surface area contributed by atoms with Gasteiger partial charge in [-0.15, -0.1) is 0 Å². The Bertz CT molecular complexity index is 1480. The number of benzene rings is 3. The zero-order chi connectivity index (χ0) is 19.2. The third-order valence-corrected chi connectivity index (χ3v) is 5.52. The second kappa shape index (κ2) is 6.28. The van der Waals surface area contributed by atoms with Crippen molar-refractivity contribution in [2.24, 2.45) is 0 Å². The molecule has 0 aliphatic carbocycles. The van der Waals surface area contributed by atoms with Gasteiger partial charge in [0.1, 0.15) is 0 Å². The molecule has 0 amide bonds. The highest BCUT2D eigenvalue weighted by atomic mass is 15.0. The topological polar surface area (TPSA) is 30.7 Å². The van der Waals surface area contributed by atoms with Crippen molar-refractivity contribution in [1.29, 1.82) is 0 Å². The number of aromatic nitrogens is 3. The van der Waals surface area contributed by atoms with Gasteiger partial charge in [-0.3, -0.25) is 9.97 Å². The van der Waals surface area contributed by atoms with E-state index >= 15 is 0 Å². The summed E-state index contributed by atoms with van der Waals surface area (Å²) in [6, 6.07) is 29.7. The molecule has 0 spiro atoms. The smallest absolute Gasteiger partial charge is 0.0719 e. The van der Waals surface area contributed by atoms with E-state index in [0.717, 1.165) is 16.9 Å². The van der Waals surface area contributed by atoms with Crippen LogP contribution in [0.3, 0.4) is 0 Å². The fourth-order valence-electron chi connectivity index (χ4n) is 4.20. The van der Waals surface area contributed by atoms with Crippen molar-refractivity contribution in [3.63, 3.8) is 0 Å². The van der Waals surface area contributed by atoms with Crippen molar-refractivity contribution in [1.82, 2.24) is 14.5 Å². The van der Waals surface area contributed by atoms with Crippen LogP contribution in [-0.4, -0.2) is 14.5 Å². The highest BCUT2D eigenvalue weighted by Crippen LogP contribution is 2.36. The van der Waals surface area contributed by atoms with E-state index in [2.05, 4.69) is 82.3 Å². The number of nitrogens with zero attached hydrogens (tertiary/aromatic N) is 3. The largest absolute Gasteiger partial charge is 0.307 e. The summed E-state index contributed by atoms with van der Waals surface area (Å²) in [6.45, 7) is 0. The number of rotatable bonds is 2. The summed E-state index contributed by atoms with van der Waals surface area (Å²) in [5, 5.41) is 5.00. The fraction of sp³-hybridized carbons (Fsp3) is 0. The number of pyridine rings is 2. The first kappa shape index (κ1) is 16.0. The van der Waals surface area contributed by atoms with E-state index in [-0.39, 0.29) is 0 Å². The molecule has 0 bridgehead atoms. The Balaban J connectivity index is 1.67. The summed E-state index contributed by atoms with van der Waals surface area (Å²) in [6.07, 6.45) is 5.58. The molecule has 6 rings (SSSR count). The van der Waals surface area contributed by atoms with Gasteiger partial charge in [-0.1, -0.05) is 54.6 Å². The van der Waals surface area contributed by atoms with E-state index in [1.54, 1.807) is 6.20 Å². The summed E-state index contributed by atoms with van der Waals surface area (Å²) in [7, 11) is 0. The minimum absolute atomic E-state index is 0.924. The molecule has 0 unspecified atom stereocenters. The lowest BCUT2D eigenvalue weighted by Gasteiger charge is -2.10. The molecule has 3 heterocycles. The Labute approximate surface area is 167 Å². The predicted octanol–water partition coefficient (Wildman–Crippen LogP) is 6.39. The summed E-state index contributed by atoms with van der Waals surface area (Å²) < 4.78 is 2.33. The molecular weight excluding hydrogens is 354 g/mol. The van der Waals surface area contributed by atoms with E-state index < -0.39 is 0 Å². The van der Waals surface area contributed by atoms with Gasteiger partial charge < -0.3 is 4.57 Å². The minimum Gasteiger partial charge on any atom is -0.307 e. The van der Waals surface area contributed by atoms with Gasteiger partial charge >= 0.3 is 0 Å². The van der Waals surface area contributed by atoms with Gasteiger partial charge in [-0.2, -0.15) is 0 Å². The average Bonchev–Trinajstić information content (AvgIpc) is 3.15. The van der Waals surface area contributed by atoms with Crippen molar-refractivity contribution in [2.45, 2.75) is 0 Å². The van der Waals surface area contributed by atoms with Crippen LogP contribution >= 0.6 is 0 Å². The first-order valence-electron chi connectivity index (χ1n) is 9.68. The standard InChI is InChI=1S/C26H17N3/c1-2-8-21-18(6-1)11-13-23-22-9-3-4-10-25(22)29(26(21)23)20-12-14-24(28-17-20)19-7-5-15-27-16-19/h1-17H. The van der Waals surface area contributed by atoms with Gasteiger partial charge in [0, 0.05) is 34.1 Å². The van der Waals surface area contributed by atoms with Crippen LogP contribution in [0.15, 0.2) is 104 Å². The molecule has 0 aliphatic heterocycles. The molecule has 0 fully saturated rings. The quantitative estimate of drug-likeness (QED) is 0.353. The summed E-state index contributed by atoms with van der Waals surface area (Å²) in [4.78, 5) is 8.94. The van der Waals surface area contributed by atoms with E-state index in [1.807, 2.05) is 24.5 Å². The third kappa shape index (κ3) is 2.44. The van der Waals surface area contributed by atoms with Gasteiger partial charge in [-0.05, 0) is 35.7 Å². The van der Waals surface area contributed by atoms with Crippen molar-refractivity contribution >= 4 is 32.6 Å². The molecule has 0 aliphatic rings. The normalized spacial score (nSPS) is 11.4. The zero-order valence-electron chi connectivity index (χ0n) is 15.7. The Hall–Kier alpha value is -3.98. The first-order valence-corrected chi connectivity index (χ1v) is 9.68. The van der Waals surface area contributed by atoms with Gasteiger partial charge in [0.15, 0.2) is 0 Å². The SMILES string of the molecule is c1cncc(-c2ccc(-n3c4ccccc4c4ccc5ccccc5c43)cn2)c1. The number of hydrogen-bond acceptors (Lipinski definition) is 2. The van der Waals surface area contributed by atoms with E-state index in [1.165, 1.54) is 32.6 Å². The summed E-state index contributed by atoms with van der Waals surface area (Å²) in [5.74, 6) is 0. The molecule has 0 N–H and O–H groups in total. The maximum absolute atomic E-state index is 4.74. The Kier molecular flexibility index (Phi) is 3.47. The van der Waals surface area contributed by atoms with Crippen LogP contribution in [-0.2, 0) is 0 Å². The van der Waals surface area contributed by atoms with Crippen LogP contribution in [0.1, 0.15) is 0 Å². The molecule has 3 nitrogen and oxygen atoms in total. The van der Waals surface area contributed by atoms with Crippen molar-refractivity contribution < 1.29 is 0 Å². The lowest BCUT2D eigenvalue weighted by molar-refractivity contribution is 1.14. The third-order valence-electron chi connectivity index (χ3n) is 5.52. The van der Waals surface area contributed by atoms with Gasteiger partial charge in [0.25, 0.3) is 0 Å². The Morgan fingerprint density at radius 2 is 1.48 bits per heavy atom. The van der Waals surface area contributed by atoms with Crippen molar-refractivity contribution in [2.75, 3.05) is 0 Å². The molecular formula is C26H17N3. The molecule has 3 aromatic carbocycles. The van der Waals surface area contributed by atoms with Crippen LogP contribution in [0, 0.1) is 0 Å². The number of fused-ring (bicyclic) bond motifs is 5. The fourth-order valence-corrected chi connectivity index (χ4v) is 4.20. The molecule has 0 atom stereocenters. The zero-order valence-corrected chi connectivity index (χ0v) is 15.7. The molecule has 0 saturated heterocycles. The molecule has 29 heavy (non-hydrogen) atoms. The lowest BCUT2D eigenvalue weighted by atomic mass is 10.1.